The zero-order chi connectivity index (χ0) is 17.5. The molecule has 0 aliphatic heterocycles. The lowest BCUT2D eigenvalue weighted by molar-refractivity contribution is -0.137. The first kappa shape index (κ1) is 17.5. The number of carboxylic acid groups (broad SMARTS) is 1. The molecule has 1 aromatic carbocycles. The number of carboxylic acids is 1. The van der Waals surface area contributed by atoms with Gasteiger partial charge in [-0.15, -0.1) is 0 Å². The predicted octanol–water partition coefficient (Wildman–Crippen LogP) is 1.51. The van der Waals surface area contributed by atoms with Gasteiger partial charge in [0.25, 0.3) is 0 Å². The number of carbonyl (C=O) groups is 3. The minimum atomic E-state index is -0.984. The maximum atomic E-state index is 12.1. The number of nitrogens with zero attached hydrogens (tertiary/aromatic N) is 1. The van der Waals surface area contributed by atoms with E-state index in [0.29, 0.717) is 30.5 Å². The topological polar surface area (TPSA) is 131 Å². The molecule has 1 fully saturated rings. The normalized spacial score (nSPS) is 21.9. The summed E-state index contributed by atoms with van der Waals surface area (Å²) in [6, 6.07) is 7.78. The van der Waals surface area contributed by atoms with Gasteiger partial charge in [0.05, 0.1) is 12.0 Å². The van der Waals surface area contributed by atoms with Crippen molar-refractivity contribution in [3.8, 4) is 0 Å². The molecule has 2 rings (SSSR count). The number of benzene rings is 1. The van der Waals surface area contributed by atoms with Crippen LogP contribution >= 0.6 is 0 Å². The number of nitrogens with one attached hydrogen (secondary N) is 1. The van der Waals surface area contributed by atoms with Gasteiger partial charge >= 0.3 is 18.0 Å². The minimum absolute atomic E-state index is 0.154. The number of hydrogen-bond donors (Lipinski definition) is 3. The van der Waals surface area contributed by atoms with Gasteiger partial charge in [-0.1, -0.05) is 18.2 Å². The molecule has 0 radical (unpaired) electrons. The highest BCUT2D eigenvalue weighted by molar-refractivity contribution is 5.92. The third-order valence-corrected chi connectivity index (χ3v) is 3.76. The molecule has 0 saturated heterocycles. The van der Waals surface area contributed by atoms with Crippen LogP contribution in [0.15, 0.2) is 35.4 Å². The molecule has 0 spiro atoms. The fraction of sp³-hybridized carbons (Fsp3) is 0.375. The second-order valence-electron chi connectivity index (χ2n) is 5.54. The molecule has 24 heavy (non-hydrogen) atoms. The fourth-order valence-electron chi connectivity index (χ4n) is 2.67. The van der Waals surface area contributed by atoms with Gasteiger partial charge in [0.2, 0.25) is 0 Å². The zero-order valence-electron chi connectivity index (χ0n) is 13.0. The summed E-state index contributed by atoms with van der Waals surface area (Å²) >= 11 is 0. The quantitative estimate of drug-likeness (QED) is 0.555. The molecule has 8 nitrogen and oxygen atoms in total. The Morgan fingerprint density at radius 2 is 2.00 bits per heavy atom. The first-order valence-corrected chi connectivity index (χ1v) is 7.55. The number of primary amides is 1. The van der Waals surface area contributed by atoms with Gasteiger partial charge in [-0.3, -0.25) is 4.79 Å². The van der Waals surface area contributed by atoms with E-state index < -0.39 is 30.0 Å². The third-order valence-electron chi connectivity index (χ3n) is 3.76. The fourth-order valence-corrected chi connectivity index (χ4v) is 2.67. The highest BCUT2D eigenvalue weighted by Crippen LogP contribution is 2.27. The Labute approximate surface area is 138 Å². The largest absolute Gasteiger partial charge is 0.481 e. The molecular weight excluding hydrogens is 314 g/mol. The molecule has 0 bridgehead atoms. The Morgan fingerprint density at radius 3 is 2.62 bits per heavy atom. The van der Waals surface area contributed by atoms with Gasteiger partial charge in [-0.05, 0) is 31.4 Å². The van der Waals surface area contributed by atoms with E-state index in [-0.39, 0.29) is 6.42 Å². The molecule has 1 aromatic rings. The first-order chi connectivity index (χ1) is 11.5. The Hall–Kier alpha value is -2.90. The second kappa shape index (κ2) is 8.09. The van der Waals surface area contributed by atoms with Crippen LogP contribution in [-0.2, 0) is 9.53 Å². The zero-order valence-corrected chi connectivity index (χ0v) is 13.0. The smallest absolute Gasteiger partial charge is 0.338 e. The summed E-state index contributed by atoms with van der Waals surface area (Å²) in [5, 5.41) is 12.9. The van der Waals surface area contributed by atoms with Crippen molar-refractivity contribution >= 4 is 23.7 Å². The number of amides is 2. The molecule has 2 amide bonds. The van der Waals surface area contributed by atoms with Crippen LogP contribution in [0.5, 0.6) is 0 Å². The van der Waals surface area contributed by atoms with E-state index in [9.17, 15) is 14.4 Å². The number of hydrogen-bond acceptors (Lipinski definition) is 5. The van der Waals surface area contributed by atoms with Gasteiger partial charge < -0.3 is 15.6 Å². The van der Waals surface area contributed by atoms with Crippen LogP contribution in [0, 0.1) is 5.92 Å². The Bertz CT molecular complexity index is 644. The van der Waals surface area contributed by atoms with Gasteiger partial charge in [-0.2, -0.15) is 5.10 Å². The summed E-state index contributed by atoms with van der Waals surface area (Å²) in [6.07, 6.45) is 0.719. The standard InChI is InChI=1S/C16H19N3O5/c17-16(23)19-18-13-7-6-12(8-11(13)9-14(20)21)24-15(22)10-4-2-1-3-5-10/h1-5,11-12H,6-9H2,(H,20,21)(H3,17,19,23)/b18-13-/t11-,12+/m0/s1. The number of urea groups is 1. The summed E-state index contributed by atoms with van der Waals surface area (Å²) in [6.45, 7) is 0. The minimum Gasteiger partial charge on any atom is -0.481 e. The summed E-state index contributed by atoms with van der Waals surface area (Å²) in [5.74, 6) is -1.84. The van der Waals surface area contributed by atoms with Crippen LogP contribution in [0.1, 0.15) is 36.0 Å². The molecule has 1 saturated carbocycles. The molecule has 4 N–H and O–H groups in total. The van der Waals surface area contributed by atoms with Crippen molar-refractivity contribution in [1.29, 1.82) is 0 Å². The van der Waals surface area contributed by atoms with Gasteiger partial charge in [0.15, 0.2) is 0 Å². The number of hydrazone groups is 1. The van der Waals surface area contributed by atoms with E-state index in [2.05, 4.69) is 10.5 Å². The molecule has 1 aliphatic rings. The molecule has 128 valence electrons. The summed E-state index contributed by atoms with van der Waals surface area (Å²) in [4.78, 5) is 33.9. The number of ether oxygens (including phenoxy) is 1. The van der Waals surface area contributed by atoms with E-state index in [1.807, 2.05) is 0 Å². The van der Waals surface area contributed by atoms with E-state index >= 15 is 0 Å². The number of rotatable bonds is 5. The average Bonchev–Trinajstić information content (AvgIpc) is 2.54. The van der Waals surface area contributed by atoms with Crippen molar-refractivity contribution in [2.75, 3.05) is 0 Å². The van der Waals surface area contributed by atoms with E-state index in [0.717, 1.165) is 0 Å². The molecule has 1 aliphatic carbocycles. The highest BCUT2D eigenvalue weighted by atomic mass is 16.5. The number of esters is 1. The molecule has 8 heteroatoms. The SMILES string of the molecule is NC(=O)N/N=C1/CC[C@@H](OC(=O)c2ccccc2)C[C@H]1CC(=O)O. The number of nitrogens with two attached hydrogens (primary N) is 1. The third kappa shape index (κ3) is 5.08. The maximum Gasteiger partial charge on any atom is 0.338 e. The van der Waals surface area contributed by atoms with Gasteiger partial charge in [-0.25, -0.2) is 15.0 Å². The Kier molecular flexibility index (Phi) is 5.89. The van der Waals surface area contributed by atoms with Crippen LogP contribution in [0.25, 0.3) is 0 Å². The molecule has 0 aromatic heterocycles. The summed E-state index contributed by atoms with van der Waals surface area (Å²) in [7, 11) is 0. The average molecular weight is 333 g/mol. The van der Waals surface area contributed by atoms with Gasteiger partial charge in [0, 0.05) is 11.6 Å². The van der Waals surface area contributed by atoms with Crippen LogP contribution in [0.4, 0.5) is 4.79 Å². The Balaban J connectivity index is 2.02. The van der Waals surface area contributed by atoms with Crippen molar-refractivity contribution in [2.24, 2.45) is 16.8 Å². The predicted molar refractivity (Wildman–Crippen MR) is 85.4 cm³/mol. The van der Waals surface area contributed by atoms with Crippen LogP contribution in [-0.4, -0.2) is 34.9 Å². The van der Waals surface area contributed by atoms with E-state index in [4.69, 9.17) is 15.6 Å². The van der Waals surface area contributed by atoms with Crippen molar-refractivity contribution in [3.05, 3.63) is 35.9 Å². The van der Waals surface area contributed by atoms with Gasteiger partial charge in [0.1, 0.15) is 6.10 Å². The second-order valence-corrected chi connectivity index (χ2v) is 5.54. The van der Waals surface area contributed by atoms with Crippen LogP contribution in [0.2, 0.25) is 0 Å². The van der Waals surface area contributed by atoms with Crippen molar-refractivity contribution < 1.29 is 24.2 Å². The van der Waals surface area contributed by atoms with Crippen LogP contribution in [0.3, 0.4) is 0 Å². The van der Waals surface area contributed by atoms with E-state index in [1.54, 1.807) is 30.3 Å². The first-order valence-electron chi connectivity index (χ1n) is 7.55. The van der Waals surface area contributed by atoms with E-state index in [1.165, 1.54) is 0 Å². The lowest BCUT2D eigenvalue weighted by Crippen LogP contribution is -2.35. The lowest BCUT2D eigenvalue weighted by atomic mass is 9.83. The molecular formula is C16H19N3O5. The summed E-state index contributed by atoms with van der Waals surface area (Å²) < 4.78 is 5.46. The number of aliphatic carboxylic acids is 1. The molecule has 2 atom stereocenters. The monoisotopic (exact) mass is 333 g/mol. The molecule has 0 heterocycles. The maximum absolute atomic E-state index is 12.1. The summed E-state index contributed by atoms with van der Waals surface area (Å²) in [5.41, 5.74) is 8.09. The number of carbonyl (C=O) groups excluding carboxylic acids is 2. The van der Waals surface area contributed by atoms with Crippen molar-refractivity contribution in [2.45, 2.75) is 31.8 Å². The highest BCUT2D eigenvalue weighted by Gasteiger charge is 2.31. The van der Waals surface area contributed by atoms with Crippen molar-refractivity contribution in [3.63, 3.8) is 0 Å². The van der Waals surface area contributed by atoms with Crippen molar-refractivity contribution in [1.82, 2.24) is 5.43 Å². The lowest BCUT2D eigenvalue weighted by Gasteiger charge is -2.29. The Morgan fingerprint density at radius 1 is 1.29 bits per heavy atom. The van der Waals surface area contributed by atoms with Crippen LogP contribution < -0.4 is 11.2 Å². The molecule has 0 unspecified atom stereocenters.